The van der Waals surface area contributed by atoms with Crippen LogP contribution < -0.4 is 9.47 Å². The molecule has 0 bridgehead atoms. The molecule has 1 aromatic rings. The van der Waals surface area contributed by atoms with Crippen LogP contribution in [0.4, 0.5) is 0 Å². The monoisotopic (exact) mass is 288 g/mol. The molecule has 1 aromatic carbocycles. The highest BCUT2D eigenvalue weighted by molar-refractivity contribution is 9.10. The van der Waals surface area contributed by atoms with Gasteiger partial charge in [-0.3, -0.25) is 4.79 Å². The summed E-state index contributed by atoms with van der Waals surface area (Å²) in [5.74, 6) is 0.278. The average Bonchev–Trinajstić information content (AvgIpc) is 2.23. The Kier molecular flexibility index (Phi) is 4.18. The molecule has 0 aliphatic carbocycles. The Balaban J connectivity index is 3.34. The van der Waals surface area contributed by atoms with Crippen LogP contribution in [0.1, 0.15) is 11.1 Å². The second kappa shape index (κ2) is 5.21. The molecule has 1 rings (SSSR count). The van der Waals surface area contributed by atoms with E-state index in [-0.39, 0.29) is 6.42 Å². The van der Waals surface area contributed by atoms with Crippen molar-refractivity contribution in [2.45, 2.75) is 13.3 Å². The molecule has 4 nitrogen and oxygen atoms in total. The number of carboxylic acid groups (broad SMARTS) is 1. The van der Waals surface area contributed by atoms with Crippen LogP contribution in [-0.4, -0.2) is 25.3 Å². The van der Waals surface area contributed by atoms with E-state index in [1.54, 1.807) is 13.2 Å². The fourth-order valence-electron chi connectivity index (χ4n) is 1.48. The lowest BCUT2D eigenvalue weighted by Gasteiger charge is -2.14. The van der Waals surface area contributed by atoms with E-state index in [0.29, 0.717) is 17.1 Å². The van der Waals surface area contributed by atoms with Crippen molar-refractivity contribution < 1.29 is 19.4 Å². The van der Waals surface area contributed by atoms with Crippen LogP contribution in [-0.2, 0) is 11.2 Å². The zero-order chi connectivity index (χ0) is 12.3. The van der Waals surface area contributed by atoms with Gasteiger partial charge in [-0.2, -0.15) is 0 Å². The standard InChI is InChI=1S/C11H13BrO4/c1-6-8(15-2)4-7(5-9(13)14)11(16-3)10(6)12/h4H,5H2,1-3H3,(H,13,14). The highest BCUT2D eigenvalue weighted by atomic mass is 79.9. The molecule has 0 aromatic heterocycles. The van der Waals surface area contributed by atoms with Crippen molar-refractivity contribution in [2.75, 3.05) is 14.2 Å². The maximum absolute atomic E-state index is 10.7. The fraction of sp³-hybridized carbons (Fsp3) is 0.364. The second-order valence-corrected chi connectivity index (χ2v) is 4.07. The number of carbonyl (C=O) groups is 1. The van der Waals surface area contributed by atoms with Gasteiger partial charge >= 0.3 is 5.97 Å². The van der Waals surface area contributed by atoms with Gasteiger partial charge in [-0.15, -0.1) is 0 Å². The van der Waals surface area contributed by atoms with Crippen LogP contribution >= 0.6 is 15.9 Å². The van der Waals surface area contributed by atoms with Gasteiger partial charge in [0.1, 0.15) is 11.5 Å². The first-order valence-corrected chi connectivity index (χ1v) is 5.42. The first-order chi connectivity index (χ1) is 7.51. The lowest BCUT2D eigenvalue weighted by atomic mass is 10.1. The van der Waals surface area contributed by atoms with E-state index in [0.717, 1.165) is 10.0 Å². The summed E-state index contributed by atoms with van der Waals surface area (Å²) in [6.45, 7) is 1.87. The van der Waals surface area contributed by atoms with Crippen molar-refractivity contribution >= 4 is 21.9 Å². The molecule has 0 spiro atoms. The van der Waals surface area contributed by atoms with Crippen LogP contribution in [0.5, 0.6) is 11.5 Å². The van der Waals surface area contributed by atoms with E-state index >= 15 is 0 Å². The summed E-state index contributed by atoms with van der Waals surface area (Å²) < 4.78 is 11.1. The molecule has 16 heavy (non-hydrogen) atoms. The summed E-state index contributed by atoms with van der Waals surface area (Å²) in [6, 6.07) is 1.69. The molecular weight excluding hydrogens is 276 g/mol. The number of halogens is 1. The number of hydrogen-bond donors (Lipinski definition) is 1. The Morgan fingerprint density at radius 1 is 1.44 bits per heavy atom. The molecule has 0 saturated heterocycles. The van der Waals surface area contributed by atoms with E-state index in [1.165, 1.54) is 7.11 Å². The molecule has 0 amide bonds. The van der Waals surface area contributed by atoms with E-state index in [1.807, 2.05) is 6.92 Å². The molecule has 0 aliphatic heterocycles. The molecule has 88 valence electrons. The summed E-state index contributed by atoms with van der Waals surface area (Å²) in [4.78, 5) is 10.7. The van der Waals surface area contributed by atoms with Crippen molar-refractivity contribution in [3.05, 3.63) is 21.7 Å². The van der Waals surface area contributed by atoms with Crippen molar-refractivity contribution in [1.82, 2.24) is 0 Å². The van der Waals surface area contributed by atoms with Crippen molar-refractivity contribution in [2.24, 2.45) is 0 Å². The maximum Gasteiger partial charge on any atom is 0.307 e. The molecule has 0 saturated carbocycles. The first-order valence-electron chi connectivity index (χ1n) is 4.63. The van der Waals surface area contributed by atoms with Crippen LogP contribution in [0.25, 0.3) is 0 Å². The minimum atomic E-state index is -0.906. The number of benzene rings is 1. The molecule has 0 heterocycles. The summed E-state index contributed by atoms with van der Waals surface area (Å²) in [5, 5.41) is 8.80. The molecule has 0 aliphatic rings. The van der Waals surface area contributed by atoms with E-state index < -0.39 is 5.97 Å². The third-order valence-corrected chi connectivity index (χ3v) is 3.22. The van der Waals surface area contributed by atoms with E-state index in [9.17, 15) is 4.79 Å². The van der Waals surface area contributed by atoms with Crippen LogP contribution in [0, 0.1) is 6.92 Å². The summed E-state index contributed by atoms with van der Waals surface area (Å²) >= 11 is 3.37. The van der Waals surface area contributed by atoms with E-state index in [2.05, 4.69) is 15.9 Å². The SMILES string of the molecule is COc1cc(CC(=O)O)c(OC)c(Br)c1C. The zero-order valence-corrected chi connectivity index (χ0v) is 10.9. The molecule has 5 heteroatoms. The van der Waals surface area contributed by atoms with Gasteiger partial charge < -0.3 is 14.6 Å². The van der Waals surface area contributed by atoms with Gasteiger partial charge in [0.2, 0.25) is 0 Å². The fourth-order valence-corrected chi connectivity index (χ4v) is 2.09. The molecule has 0 fully saturated rings. The highest BCUT2D eigenvalue weighted by Crippen LogP contribution is 2.38. The number of aliphatic carboxylic acids is 1. The summed E-state index contributed by atoms with van der Waals surface area (Å²) in [5.41, 5.74) is 1.47. The molecule has 0 atom stereocenters. The van der Waals surface area contributed by atoms with Gasteiger partial charge in [0.25, 0.3) is 0 Å². The third-order valence-electron chi connectivity index (χ3n) is 2.26. The Morgan fingerprint density at radius 3 is 2.50 bits per heavy atom. The predicted molar refractivity (Wildman–Crippen MR) is 63.3 cm³/mol. The third kappa shape index (κ3) is 2.47. The Labute approximate surface area is 102 Å². The Bertz CT molecular complexity index is 415. The number of carboxylic acids is 1. The van der Waals surface area contributed by atoms with Crippen molar-refractivity contribution in [3.63, 3.8) is 0 Å². The molecule has 0 radical (unpaired) electrons. The van der Waals surface area contributed by atoms with Gasteiger partial charge in [0.05, 0.1) is 25.1 Å². The zero-order valence-electron chi connectivity index (χ0n) is 9.33. The van der Waals surface area contributed by atoms with Gasteiger partial charge in [-0.1, -0.05) is 0 Å². The maximum atomic E-state index is 10.7. The van der Waals surface area contributed by atoms with Crippen LogP contribution in [0.15, 0.2) is 10.5 Å². The van der Waals surface area contributed by atoms with Crippen molar-refractivity contribution in [3.8, 4) is 11.5 Å². The van der Waals surface area contributed by atoms with Gasteiger partial charge in [0, 0.05) is 11.1 Å². The van der Waals surface area contributed by atoms with Gasteiger partial charge in [0.15, 0.2) is 0 Å². The van der Waals surface area contributed by atoms with Crippen LogP contribution in [0.2, 0.25) is 0 Å². The lowest BCUT2D eigenvalue weighted by molar-refractivity contribution is -0.136. The topological polar surface area (TPSA) is 55.8 Å². The Morgan fingerprint density at radius 2 is 2.06 bits per heavy atom. The summed E-state index contributed by atoms with van der Waals surface area (Å²) in [7, 11) is 3.06. The minimum absolute atomic E-state index is 0.0988. The predicted octanol–water partition coefficient (Wildman–Crippen LogP) is 2.40. The molecule has 0 unspecified atom stereocenters. The second-order valence-electron chi connectivity index (χ2n) is 3.28. The van der Waals surface area contributed by atoms with Gasteiger partial charge in [-0.25, -0.2) is 0 Å². The molecular formula is C11H13BrO4. The number of ether oxygens (including phenoxy) is 2. The largest absolute Gasteiger partial charge is 0.496 e. The van der Waals surface area contributed by atoms with E-state index in [4.69, 9.17) is 14.6 Å². The lowest BCUT2D eigenvalue weighted by Crippen LogP contribution is -2.04. The number of methoxy groups -OCH3 is 2. The number of rotatable bonds is 4. The van der Waals surface area contributed by atoms with Crippen LogP contribution in [0.3, 0.4) is 0 Å². The van der Waals surface area contributed by atoms with Crippen molar-refractivity contribution in [1.29, 1.82) is 0 Å². The normalized spacial score (nSPS) is 10.0. The first kappa shape index (κ1) is 12.8. The minimum Gasteiger partial charge on any atom is -0.496 e. The smallest absolute Gasteiger partial charge is 0.307 e. The highest BCUT2D eigenvalue weighted by Gasteiger charge is 2.16. The van der Waals surface area contributed by atoms with Gasteiger partial charge in [-0.05, 0) is 28.9 Å². The average molecular weight is 289 g/mol. The quantitative estimate of drug-likeness (QED) is 0.924. The number of hydrogen-bond acceptors (Lipinski definition) is 3. The Hall–Kier alpha value is -1.23. The molecule has 1 N–H and O–H groups in total. The summed E-state index contributed by atoms with van der Waals surface area (Å²) in [6.07, 6.45) is -0.0988.